The molecule has 0 unspecified atom stereocenters. The van der Waals surface area contributed by atoms with Crippen LogP contribution in [0.3, 0.4) is 0 Å². The molecule has 1 heterocycles. The van der Waals surface area contributed by atoms with Crippen LogP contribution in [0.1, 0.15) is 16.8 Å². The molecule has 0 saturated heterocycles. The van der Waals surface area contributed by atoms with Crippen molar-refractivity contribution in [2.45, 2.75) is 6.92 Å². The standard InChI is InChI=1S/C18H20BrNO7S/c1-11-8-12(20(16(21)9-11)27-28(5,22)23)6-7-13-14(24-2)10-15(25-3)17(19)18(13)26-4/h6-10H,1-5H3/b7-6+. The number of benzene rings is 1. The van der Waals surface area contributed by atoms with Crippen molar-refractivity contribution in [1.82, 2.24) is 4.73 Å². The second kappa shape index (κ2) is 8.70. The van der Waals surface area contributed by atoms with Crippen LogP contribution in [-0.2, 0) is 10.1 Å². The fourth-order valence-corrected chi connectivity index (χ4v) is 3.57. The van der Waals surface area contributed by atoms with Gasteiger partial charge >= 0.3 is 10.1 Å². The average molecular weight is 474 g/mol. The molecule has 1 aromatic heterocycles. The molecule has 0 aliphatic heterocycles. The summed E-state index contributed by atoms with van der Waals surface area (Å²) in [5.74, 6) is 1.41. The molecule has 10 heteroatoms. The van der Waals surface area contributed by atoms with E-state index in [-0.39, 0.29) is 5.69 Å². The van der Waals surface area contributed by atoms with Crippen LogP contribution < -0.4 is 24.1 Å². The third kappa shape index (κ3) is 4.87. The van der Waals surface area contributed by atoms with E-state index in [0.717, 1.165) is 6.26 Å². The highest BCUT2D eigenvalue weighted by molar-refractivity contribution is 9.10. The monoisotopic (exact) mass is 473 g/mol. The van der Waals surface area contributed by atoms with Gasteiger partial charge in [0.15, 0.2) is 0 Å². The van der Waals surface area contributed by atoms with Crippen molar-refractivity contribution in [3.63, 3.8) is 0 Å². The molecule has 28 heavy (non-hydrogen) atoms. The molecule has 1 aromatic carbocycles. The number of nitrogens with zero attached hydrogens (tertiary/aromatic N) is 1. The maximum absolute atomic E-state index is 12.2. The lowest BCUT2D eigenvalue weighted by atomic mass is 10.1. The molecule has 2 aromatic rings. The summed E-state index contributed by atoms with van der Waals surface area (Å²) in [5, 5.41) is 0. The smallest absolute Gasteiger partial charge is 0.324 e. The summed E-state index contributed by atoms with van der Waals surface area (Å²) in [7, 11) is 0.599. The maximum atomic E-state index is 12.2. The summed E-state index contributed by atoms with van der Waals surface area (Å²) < 4.78 is 45.3. The van der Waals surface area contributed by atoms with Crippen LogP contribution >= 0.6 is 15.9 Å². The van der Waals surface area contributed by atoms with E-state index in [2.05, 4.69) is 15.9 Å². The molecule has 2 rings (SSSR count). The zero-order chi connectivity index (χ0) is 21.1. The van der Waals surface area contributed by atoms with Crippen molar-refractivity contribution in [2.24, 2.45) is 0 Å². The molecule has 8 nitrogen and oxygen atoms in total. The third-order valence-electron chi connectivity index (χ3n) is 3.62. The van der Waals surface area contributed by atoms with Crippen LogP contribution in [0.4, 0.5) is 0 Å². The van der Waals surface area contributed by atoms with Crippen LogP contribution in [-0.4, -0.2) is 40.7 Å². The lowest BCUT2D eigenvalue weighted by Crippen LogP contribution is -2.31. The van der Waals surface area contributed by atoms with Gasteiger partial charge < -0.3 is 14.2 Å². The van der Waals surface area contributed by atoms with Gasteiger partial charge in [0, 0.05) is 12.1 Å². The number of pyridine rings is 1. The van der Waals surface area contributed by atoms with Crippen molar-refractivity contribution in [2.75, 3.05) is 27.6 Å². The van der Waals surface area contributed by atoms with Crippen LogP contribution in [0.25, 0.3) is 12.2 Å². The number of aryl methyl sites for hydroxylation is 1. The van der Waals surface area contributed by atoms with Crippen molar-refractivity contribution >= 4 is 38.2 Å². The molecule has 0 fully saturated rings. The van der Waals surface area contributed by atoms with E-state index < -0.39 is 15.7 Å². The Labute approximate surface area is 171 Å². The van der Waals surface area contributed by atoms with E-state index in [9.17, 15) is 13.2 Å². The average Bonchev–Trinajstić information content (AvgIpc) is 2.61. The molecule has 0 spiro atoms. The van der Waals surface area contributed by atoms with Gasteiger partial charge in [-0.15, -0.1) is 4.73 Å². The summed E-state index contributed by atoms with van der Waals surface area (Å²) in [6.45, 7) is 1.72. The largest absolute Gasteiger partial charge is 0.496 e. The molecule has 0 saturated carbocycles. The molecule has 0 radical (unpaired) electrons. The highest BCUT2D eigenvalue weighted by atomic mass is 79.9. The van der Waals surface area contributed by atoms with Gasteiger partial charge in [0.25, 0.3) is 5.56 Å². The zero-order valence-corrected chi connectivity index (χ0v) is 18.4. The van der Waals surface area contributed by atoms with Crippen LogP contribution in [0.15, 0.2) is 27.5 Å². The Bertz CT molecular complexity index is 1070. The van der Waals surface area contributed by atoms with E-state index >= 15 is 0 Å². The third-order valence-corrected chi connectivity index (χ3v) is 4.79. The van der Waals surface area contributed by atoms with Crippen LogP contribution in [0.2, 0.25) is 0 Å². The molecule has 0 aliphatic carbocycles. The minimum absolute atomic E-state index is 0.228. The number of methoxy groups -OCH3 is 3. The number of halogens is 1. The number of hydrogen-bond donors (Lipinski definition) is 0. The van der Waals surface area contributed by atoms with Gasteiger partial charge in [-0.1, -0.05) is 0 Å². The van der Waals surface area contributed by atoms with E-state index in [1.165, 1.54) is 33.5 Å². The predicted molar refractivity (Wildman–Crippen MR) is 110 cm³/mol. The number of hydrogen-bond acceptors (Lipinski definition) is 7. The topological polar surface area (TPSA) is 93.1 Å². The molecule has 0 aliphatic rings. The second-order valence-electron chi connectivity index (χ2n) is 5.74. The van der Waals surface area contributed by atoms with Gasteiger partial charge in [-0.3, -0.25) is 9.08 Å². The first-order valence-corrected chi connectivity index (χ1v) is 10.5. The van der Waals surface area contributed by atoms with E-state index in [4.69, 9.17) is 18.5 Å². The molecule has 152 valence electrons. The normalized spacial score (nSPS) is 11.5. The SMILES string of the molecule is COc1cc(OC)c(/C=C/c2cc(C)cc(=O)n2OS(C)(=O)=O)c(OC)c1Br. The number of aromatic nitrogens is 1. The summed E-state index contributed by atoms with van der Waals surface area (Å²) in [5.41, 5.74) is 0.816. The first-order valence-electron chi connectivity index (χ1n) is 7.91. The fourth-order valence-electron chi connectivity index (χ4n) is 2.49. The number of rotatable bonds is 7. The summed E-state index contributed by atoms with van der Waals surface area (Å²) >= 11 is 3.42. The highest BCUT2D eigenvalue weighted by Gasteiger charge is 2.18. The van der Waals surface area contributed by atoms with Crippen molar-refractivity contribution in [3.05, 3.63) is 49.8 Å². The predicted octanol–water partition coefficient (Wildman–Crippen LogP) is 2.50. The van der Waals surface area contributed by atoms with Gasteiger partial charge in [0.1, 0.15) is 21.7 Å². The molecule has 0 atom stereocenters. The molecule has 0 bridgehead atoms. The highest BCUT2D eigenvalue weighted by Crippen LogP contribution is 2.43. The summed E-state index contributed by atoms with van der Waals surface area (Å²) in [6.07, 6.45) is 4.01. The quantitative estimate of drug-likeness (QED) is 0.609. The van der Waals surface area contributed by atoms with Crippen molar-refractivity contribution in [3.8, 4) is 17.2 Å². The van der Waals surface area contributed by atoms with Gasteiger partial charge in [0.05, 0.1) is 38.8 Å². The van der Waals surface area contributed by atoms with Crippen LogP contribution in [0.5, 0.6) is 17.2 Å². The van der Waals surface area contributed by atoms with Gasteiger partial charge in [-0.25, -0.2) is 0 Å². The first-order chi connectivity index (χ1) is 13.1. The molecule has 0 N–H and O–H groups in total. The Balaban J connectivity index is 2.67. The van der Waals surface area contributed by atoms with Gasteiger partial charge in [-0.2, -0.15) is 8.42 Å². The summed E-state index contributed by atoms with van der Waals surface area (Å²) in [4.78, 5) is 12.2. The first kappa shape index (κ1) is 21.8. The molecular formula is C18H20BrNO7S. The zero-order valence-electron chi connectivity index (χ0n) is 16.0. The number of ether oxygens (including phenoxy) is 3. The van der Waals surface area contributed by atoms with Crippen molar-refractivity contribution in [1.29, 1.82) is 0 Å². The maximum Gasteiger partial charge on any atom is 0.324 e. The molecular weight excluding hydrogens is 454 g/mol. The minimum Gasteiger partial charge on any atom is -0.496 e. The van der Waals surface area contributed by atoms with Crippen LogP contribution in [0, 0.1) is 6.92 Å². The summed E-state index contributed by atoms with van der Waals surface area (Å²) in [6, 6.07) is 4.55. The fraction of sp³-hybridized carbons (Fsp3) is 0.278. The molecule has 0 amide bonds. The Morgan fingerprint density at radius 3 is 2.18 bits per heavy atom. The lowest BCUT2D eigenvalue weighted by Gasteiger charge is -2.15. The Kier molecular flexibility index (Phi) is 6.78. The van der Waals surface area contributed by atoms with Gasteiger partial charge in [0.2, 0.25) is 0 Å². The van der Waals surface area contributed by atoms with E-state index in [1.54, 1.807) is 25.1 Å². The minimum atomic E-state index is -3.90. The Morgan fingerprint density at radius 1 is 1.00 bits per heavy atom. The lowest BCUT2D eigenvalue weighted by molar-refractivity contribution is 0.267. The van der Waals surface area contributed by atoms with E-state index in [0.29, 0.717) is 37.6 Å². The second-order valence-corrected chi connectivity index (χ2v) is 8.09. The van der Waals surface area contributed by atoms with Crippen molar-refractivity contribution < 1.29 is 26.9 Å². The van der Waals surface area contributed by atoms with Gasteiger partial charge in [-0.05, 0) is 46.6 Å². The Hall–Kier alpha value is -2.46. The Morgan fingerprint density at radius 2 is 1.64 bits per heavy atom. The van der Waals surface area contributed by atoms with E-state index in [1.807, 2.05) is 0 Å².